The van der Waals surface area contributed by atoms with Crippen molar-refractivity contribution in [1.29, 1.82) is 0 Å². The van der Waals surface area contributed by atoms with Crippen LogP contribution >= 0.6 is 0 Å². The van der Waals surface area contributed by atoms with Gasteiger partial charge in [0.15, 0.2) is 5.76 Å². The van der Waals surface area contributed by atoms with E-state index < -0.39 is 11.8 Å². The SMILES string of the molecule is COc1ccccc1C=CC(=O)NNC(=O)c1ccc(COc2ccccc2)o1. The number of methoxy groups -OCH3 is 1. The predicted octanol–water partition coefficient (Wildman–Crippen LogP) is 3.34. The van der Waals surface area contributed by atoms with Gasteiger partial charge in [-0.15, -0.1) is 0 Å². The molecule has 0 saturated heterocycles. The van der Waals surface area contributed by atoms with Crippen molar-refractivity contribution in [2.45, 2.75) is 6.61 Å². The minimum absolute atomic E-state index is 0.0608. The van der Waals surface area contributed by atoms with Crippen LogP contribution in [0, 0.1) is 0 Å². The van der Waals surface area contributed by atoms with Crippen LogP contribution in [0.5, 0.6) is 11.5 Å². The Labute approximate surface area is 167 Å². The van der Waals surface area contributed by atoms with Gasteiger partial charge in [0.05, 0.1) is 7.11 Å². The smallest absolute Gasteiger partial charge is 0.305 e. The highest BCUT2D eigenvalue weighted by atomic mass is 16.5. The van der Waals surface area contributed by atoms with Crippen molar-refractivity contribution in [2.75, 3.05) is 7.11 Å². The van der Waals surface area contributed by atoms with Crippen LogP contribution in [-0.2, 0) is 11.4 Å². The summed E-state index contributed by atoms with van der Waals surface area (Å²) >= 11 is 0. The second-order valence-electron chi connectivity index (χ2n) is 5.89. The van der Waals surface area contributed by atoms with E-state index in [9.17, 15) is 9.59 Å². The molecule has 2 N–H and O–H groups in total. The van der Waals surface area contributed by atoms with Crippen LogP contribution in [0.25, 0.3) is 6.08 Å². The van der Waals surface area contributed by atoms with Crippen LogP contribution in [0.15, 0.2) is 77.2 Å². The molecule has 3 aromatic rings. The van der Waals surface area contributed by atoms with E-state index in [0.29, 0.717) is 17.3 Å². The fraction of sp³-hybridized carbons (Fsp3) is 0.0909. The molecule has 1 aromatic heterocycles. The number of hydrazine groups is 1. The van der Waals surface area contributed by atoms with Crippen LogP contribution < -0.4 is 20.3 Å². The fourth-order valence-corrected chi connectivity index (χ4v) is 2.44. The molecular formula is C22H20N2O5. The van der Waals surface area contributed by atoms with Crippen molar-refractivity contribution in [3.8, 4) is 11.5 Å². The molecule has 0 bridgehead atoms. The van der Waals surface area contributed by atoms with Gasteiger partial charge in [0.1, 0.15) is 23.9 Å². The number of hydrogen-bond acceptors (Lipinski definition) is 5. The van der Waals surface area contributed by atoms with Crippen LogP contribution in [0.2, 0.25) is 0 Å². The van der Waals surface area contributed by atoms with Gasteiger partial charge in [0.25, 0.3) is 5.91 Å². The second kappa shape index (κ2) is 9.80. The number of nitrogens with one attached hydrogen (secondary N) is 2. The molecule has 1 heterocycles. The number of ether oxygens (including phenoxy) is 2. The zero-order valence-corrected chi connectivity index (χ0v) is 15.8. The molecule has 0 saturated carbocycles. The molecule has 2 aromatic carbocycles. The molecular weight excluding hydrogens is 372 g/mol. The van der Waals surface area contributed by atoms with E-state index in [-0.39, 0.29) is 12.4 Å². The summed E-state index contributed by atoms with van der Waals surface area (Å²) in [6.07, 6.45) is 2.88. The molecule has 0 unspecified atom stereocenters. The van der Waals surface area contributed by atoms with E-state index in [1.807, 2.05) is 48.5 Å². The summed E-state index contributed by atoms with van der Waals surface area (Å²) in [6, 6.07) is 19.7. The summed E-state index contributed by atoms with van der Waals surface area (Å²) in [6.45, 7) is 0.186. The quantitative estimate of drug-likeness (QED) is 0.475. The Bertz CT molecular complexity index is 995. The maximum atomic E-state index is 12.1. The first kappa shape index (κ1) is 19.8. The van der Waals surface area contributed by atoms with Gasteiger partial charge in [0.2, 0.25) is 0 Å². The Morgan fingerprint density at radius 2 is 1.72 bits per heavy atom. The maximum absolute atomic E-state index is 12.1. The van der Waals surface area contributed by atoms with Gasteiger partial charge in [-0.2, -0.15) is 0 Å². The molecule has 7 heteroatoms. The zero-order valence-electron chi connectivity index (χ0n) is 15.8. The average Bonchev–Trinajstić information content (AvgIpc) is 3.24. The van der Waals surface area contributed by atoms with Crippen molar-refractivity contribution in [3.63, 3.8) is 0 Å². The van der Waals surface area contributed by atoms with E-state index in [4.69, 9.17) is 13.9 Å². The molecule has 0 spiro atoms. The van der Waals surface area contributed by atoms with Crippen LogP contribution in [0.3, 0.4) is 0 Å². The number of hydrogen-bond donors (Lipinski definition) is 2. The van der Waals surface area contributed by atoms with E-state index in [1.165, 1.54) is 12.1 Å². The van der Waals surface area contributed by atoms with E-state index in [0.717, 1.165) is 5.56 Å². The van der Waals surface area contributed by atoms with Gasteiger partial charge in [-0.3, -0.25) is 20.4 Å². The lowest BCUT2D eigenvalue weighted by atomic mass is 10.2. The molecule has 3 rings (SSSR count). The van der Waals surface area contributed by atoms with Gasteiger partial charge in [-0.1, -0.05) is 36.4 Å². The van der Waals surface area contributed by atoms with Gasteiger partial charge in [-0.05, 0) is 36.4 Å². The summed E-state index contributed by atoms with van der Waals surface area (Å²) < 4.78 is 16.2. The Hall–Kier alpha value is -4.00. The van der Waals surface area contributed by atoms with Gasteiger partial charge >= 0.3 is 5.91 Å². The first-order valence-electron chi connectivity index (χ1n) is 8.83. The maximum Gasteiger partial charge on any atom is 0.305 e. The standard InChI is InChI=1S/C22H20N2O5/c1-27-19-10-6-5-7-16(19)11-14-21(25)23-24-22(26)20-13-12-18(29-20)15-28-17-8-3-2-4-9-17/h2-14H,15H2,1H3,(H,23,25)(H,24,26). The Balaban J connectivity index is 1.48. The normalized spacial score (nSPS) is 10.5. The van der Waals surface area contributed by atoms with Crippen molar-refractivity contribution in [2.24, 2.45) is 0 Å². The molecule has 148 valence electrons. The molecule has 2 amide bonds. The minimum Gasteiger partial charge on any atom is -0.496 e. The third kappa shape index (κ3) is 5.74. The summed E-state index contributed by atoms with van der Waals surface area (Å²) in [5, 5.41) is 0. The molecule has 0 radical (unpaired) electrons. The van der Waals surface area contributed by atoms with E-state index >= 15 is 0 Å². The summed E-state index contributed by atoms with van der Waals surface area (Å²) in [5.41, 5.74) is 5.33. The third-order valence-electron chi connectivity index (χ3n) is 3.86. The summed E-state index contributed by atoms with van der Waals surface area (Å²) in [5.74, 6) is 0.816. The molecule has 0 aliphatic carbocycles. The molecule has 0 aliphatic rings. The largest absolute Gasteiger partial charge is 0.496 e. The lowest BCUT2D eigenvalue weighted by molar-refractivity contribution is -0.117. The van der Waals surface area contributed by atoms with E-state index in [1.54, 1.807) is 25.3 Å². The summed E-state index contributed by atoms with van der Waals surface area (Å²) in [4.78, 5) is 24.0. The second-order valence-corrected chi connectivity index (χ2v) is 5.89. The van der Waals surface area contributed by atoms with Crippen molar-refractivity contribution in [3.05, 3.63) is 89.9 Å². The highest BCUT2D eigenvalue weighted by Crippen LogP contribution is 2.18. The highest BCUT2D eigenvalue weighted by Gasteiger charge is 2.12. The number of furan rings is 1. The monoisotopic (exact) mass is 392 g/mol. The number of carbonyl (C=O) groups excluding carboxylic acids is 2. The topological polar surface area (TPSA) is 89.8 Å². The van der Waals surface area contributed by atoms with Crippen molar-refractivity contribution >= 4 is 17.9 Å². The van der Waals surface area contributed by atoms with Gasteiger partial charge < -0.3 is 13.9 Å². The van der Waals surface area contributed by atoms with E-state index in [2.05, 4.69) is 10.9 Å². The van der Waals surface area contributed by atoms with Gasteiger partial charge in [0, 0.05) is 11.6 Å². The molecule has 7 nitrogen and oxygen atoms in total. The van der Waals surface area contributed by atoms with Crippen LogP contribution in [0.4, 0.5) is 0 Å². The number of rotatable bonds is 7. The number of para-hydroxylation sites is 2. The predicted molar refractivity (Wildman–Crippen MR) is 107 cm³/mol. The molecule has 0 atom stereocenters. The zero-order chi connectivity index (χ0) is 20.5. The lowest BCUT2D eigenvalue weighted by Gasteiger charge is -2.05. The number of benzene rings is 2. The first-order chi connectivity index (χ1) is 14.2. The molecule has 29 heavy (non-hydrogen) atoms. The first-order valence-corrected chi connectivity index (χ1v) is 8.83. The van der Waals surface area contributed by atoms with Crippen molar-refractivity contribution < 1.29 is 23.5 Å². The van der Waals surface area contributed by atoms with Crippen LogP contribution in [0.1, 0.15) is 21.9 Å². The highest BCUT2D eigenvalue weighted by molar-refractivity contribution is 5.96. The van der Waals surface area contributed by atoms with Crippen molar-refractivity contribution in [1.82, 2.24) is 10.9 Å². The molecule has 0 aliphatic heterocycles. The van der Waals surface area contributed by atoms with Crippen LogP contribution in [-0.4, -0.2) is 18.9 Å². The Kier molecular flexibility index (Phi) is 6.67. The fourth-order valence-electron chi connectivity index (χ4n) is 2.44. The number of carbonyl (C=O) groups is 2. The third-order valence-corrected chi connectivity index (χ3v) is 3.86. The average molecular weight is 392 g/mol. The Morgan fingerprint density at radius 1 is 0.966 bits per heavy atom. The summed E-state index contributed by atoms with van der Waals surface area (Å²) in [7, 11) is 1.55. The Morgan fingerprint density at radius 3 is 2.52 bits per heavy atom. The minimum atomic E-state index is -0.574. The number of amides is 2. The lowest BCUT2D eigenvalue weighted by Crippen LogP contribution is -2.40. The molecule has 0 fully saturated rings. The van der Waals surface area contributed by atoms with Gasteiger partial charge in [-0.25, -0.2) is 0 Å².